The molecule has 6 heteroatoms. The Balaban J connectivity index is 2.28. The van der Waals surface area contributed by atoms with Crippen molar-refractivity contribution in [3.8, 4) is 0 Å². The van der Waals surface area contributed by atoms with Crippen LogP contribution in [0.2, 0.25) is 0 Å². The van der Waals surface area contributed by atoms with Crippen molar-refractivity contribution in [2.24, 2.45) is 11.7 Å². The fourth-order valence-corrected chi connectivity index (χ4v) is 2.99. The maximum atomic E-state index is 13.0. The Labute approximate surface area is 116 Å². The van der Waals surface area contributed by atoms with E-state index in [1.54, 1.807) is 0 Å². The van der Waals surface area contributed by atoms with Gasteiger partial charge in [0.2, 0.25) is 0 Å². The first kappa shape index (κ1) is 15.1. The molecule has 0 spiro atoms. The van der Waals surface area contributed by atoms with Crippen LogP contribution in [0.5, 0.6) is 0 Å². The van der Waals surface area contributed by atoms with E-state index in [4.69, 9.17) is 5.73 Å². The van der Waals surface area contributed by atoms with E-state index in [-0.39, 0.29) is 5.82 Å². The average Bonchev–Trinajstić information content (AvgIpc) is 2.38. The smallest absolute Gasteiger partial charge is 0.363 e. The number of alkyl halides is 3. The SMILES string of the molecule is CC1CCCC(CN)(Nc2ncccc2C(F)(F)F)C1. The van der Waals surface area contributed by atoms with Gasteiger partial charge in [0.1, 0.15) is 5.82 Å². The third-order valence-electron chi connectivity index (χ3n) is 3.98. The molecule has 1 aromatic heterocycles. The number of halogens is 3. The molecular formula is C14H20F3N3. The molecule has 112 valence electrons. The summed E-state index contributed by atoms with van der Waals surface area (Å²) in [5.74, 6) is 0.345. The van der Waals surface area contributed by atoms with Gasteiger partial charge in [-0.15, -0.1) is 0 Å². The number of hydrogen-bond acceptors (Lipinski definition) is 3. The van der Waals surface area contributed by atoms with Gasteiger partial charge in [-0.1, -0.05) is 19.8 Å². The predicted octanol–water partition coefficient (Wildman–Crippen LogP) is 3.42. The molecule has 3 N–H and O–H groups in total. The first-order valence-electron chi connectivity index (χ1n) is 6.87. The molecule has 0 bridgehead atoms. The van der Waals surface area contributed by atoms with Crippen LogP contribution >= 0.6 is 0 Å². The van der Waals surface area contributed by atoms with Gasteiger partial charge in [-0.3, -0.25) is 0 Å². The molecule has 0 saturated heterocycles. The van der Waals surface area contributed by atoms with Crippen molar-refractivity contribution in [1.82, 2.24) is 4.98 Å². The van der Waals surface area contributed by atoms with Crippen molar-refractivity contribution in [2.75, 3.05) is 11.9 Å². The molecular weight excluding hydrogens is 267 g/mol. The molecule has 3 nitrogen and oxygen atoms in total. The number of hydrogen-bond donors (Lipinski definition) is 2. The van der Waals surface area contributed by atoms with E-state index in [2.05, 4.69) is 17.2 Å². The Hall–Kier alpha value is -1.30. The van der Waals surface area contributed by atoms with E-state index in [9.17, 15) is 13.2 Å². The minimum absolute atomic E-state index is 0.112. The summed E-state index contributed by atoms with van der Waals surface area (Å²) < 4.78 is 39.0. The number of pyridine rings is 1. The van der Waals surface area contributed by atoms with Gasteiger partial charge in [0, 0.05) is 12.7 Å². The molecule has 0 radical (unpaired) electrons. The second kappa shape index (κ2) is 5.60. The Morgan fingerprint density at radius 3 is 2.85 bits per heavy atom. The van der Waals surface area contributed by atoms with Crippen LogP contribution in [0, 0.1) is 5.92 Å². The zero-order chi connectivity index (χ0) is 14.8. The summed E-state index contributed by atoms with van der Waals surface area (Å²) in [5, 5.41) is 2.99. The zero-order valence-corrected chi connectivity index (χ0v) is 11.5. The Kier molecular flexibility index (Phi) is 4.22. The summed E-state index contributed by atoms with van der Waals surface area (Å²) in [5.41, 5.74) is 4.63. The van der Waals surface area contributed by atoms with Crippen molar-refractivity contribution in [3.05, 3.63) is 23.9 Å². The number of nitrogens with zero attached hydrogens (tertiary/aromatic N) is 1. The van der Waals surface area contributed by atoms with Gasteiger partial charge in [-0.25, -0.2) is 4.98 Å². The number of nitrogens with one attached hydrogen (secondary N) is 1. The molecule has 1 saturated carbocycles. The van der Waals surface area contributed by atoms with Gasteiger partial charge in [0.25, 0.3) is 0 Å². The third-order valence-corrected chi connectivity index (χ3v) is 3.98. The lowest BCUT2D eigenvalue weighted by atomic mass is 9.76. The van der Waals surface area contributed by atoms with Gasteiger partial charge < -0.3 is 11.1 Å². The van der Waals surface area contributed by atoms with Gasteiger partial charge in [-0.05, 0) is 30.9 Å². The summed E-state index contributed by atoms with van der Waals surface area (Å²) in [7, 11) is 0. The fraction of sp³-hybridized carbons (Fsp3) is 0.643. The zero-order valence-electron chi connectivity index (χ0n) is 11.5. The lowest BCUT2D eigenvalue weighted by Crippen LogP contribution is -2.49. The molecule has 1 aliphatic carbocycles. The van der Waals surface area contributed by atoms with Crippen molar-refractivity contribution in [2.45, 2.75) is 44.3 Å². The van der Waals surface area contributed by atoms with E-state index < -0.39 is 17.3 Å². The number of nitrogens with two attached hydrogens (primary N) is 1. The molecule has 2 unspecified atom stereocenters. The van der Waals surface area contributed by atoms with Gasteiger partial charge in [0.15, 0.2) is 0 Å². The lowest BCUT2D eigenvalue weighted by Gasteiger charge is -2.40. The number of aromatic nitrogens is 1. The summed E-state index contributed by atoms with van der Waals surface area (Å²) in [6.07, 6.45) is 0.580. The summed E-state index contributed by atoms with van der Waals surface area (Å²) in [6, 6.07) is 2.35. The van der Waals surface area contributed by atoms with Crippen molar-refractivity contribution in [1.29, 1.82) is 0 Å². The molecule has 0 amide bonds. The Morgan fingerprint density at radius 1 is 1.50 bits per heavy atom. The molecule has 0 aliphatic heterocycles. The van der Waals surface area contributed by atoms with Gasteiger partial charge in [0.05, 0.1) is 11.1 Å². The molecule has 1 aromatic rings. The summed E-state index contributed by atoms with van der Waals surface area (Å²) in [4.78, 5) is 3.87. The van der Waals surface area contributed by atoms with Crippen LogP contribution in [0.3, 0.4) is 0 Å². The van der Waals surface area contributed by atoms with E-state index in [0.29, 0.717) is 12.5 Å². The topological polar surface area (TPSA) is 50.9 Å². The minimum atomic E-state index is -4.41. The van der Waals surface area contributed by atoms with Crippen LogP contribution in [0.1, 0.15) is 38.2 Å². The Morgan fingerprint density at radius 2 is 2.25 bits per heavy atom. The third kappa shape index (κ3) is 3.23. The molecule has 2 atom stereocenters. The summed E-state index contributed by atoms with van der Waals surface area (Å²) in [6.45, 7) is 2.42. The highest BCUT2D eigenvalue weighted by Gasteiger charge is 2.38. The molecule has 20 heavy (non-hydrogen) atoms. The average molecular weight is 287 g/mol. The van der Waals surface area contributed by atoms with E-state index in [1.165, 1.54) is 12.3 Å². The van der Waals surface area contributed by atoms with Gasteiger partial charge >= 0.3 is 6.18 Å². The van der Waals surface area contributed by atoms with E-state index >= 15 is 0 Å². The van der Waals surface area contributed by atoms with Crippen LogP contribution in [-0.4, -0.2) is 17.1 Å². The number of rotatable bonds is 3. The second-order valence-electron chi connectivity index (χ2n) is 5.71. The first-order valence-corrected chi connectivity index (χ1v) is 6.87. The minimum Gasteiger partial charge on any atom is -0.363 e. The monoisotopic (exact) mass is 287 g/mol. The second-order valence-corrected chi connectivity index (χ2v) is 5.71. The quantitative estimate of drug-likeness (QED) is 0.895. The van der Waals surface area contributed by atoms with Crippen LogP contribution in [0.4, 0.5) is 19.0 Å². The normalized spacial score (nSPS) is 27.4. The van der Waals surface area contributed by atoms with Crippen LogP contribution in [0.15, 0.2) is 18.3 Å². The van der Waals surface area contributed by atoms with Crippen LogP contribution in [0.25, 0.3) is 0 Å². The molecule has 0 aromatic carbocycles. The van der Waals surface area contributed by atoms with E-state index in [0.717, 1.165) is 31.7 Å². The highest BCUT2D eigenvalue weighted by molar-refractivity contribution is 5.48. The van der Waals surface area contributed by atoms with Gasteiger partial charge in [-0.2, -0.15) is 13.2 Å². The standard InChI is InChI=1S/C14H20F3N3/c1-10-4-2-6-13(8-10,9-18)20-12-11(14(15,16)17)5-3-7-19-12/h3,5,7,10H,2,4,6,8-9,18H2,1H3,(H,19,20). The molecule has 1 fully saturated rings. The predicted molar refractivity (Wildman–Crippen MR) is 72.3 cm³/mol. The molecule has 1 aliphatic rings. The van der Waals surface area contributed by atoms with Crippen molar-refractivity contribution < 1.29 is 13.2 Å². The highest BCUT2D eigenvalue weighted by atomic mass is 19.4. The first-order chi connectivity index (χ1) is 9.36. The maximum absolute atomic E-state index is 13.0. The molecule has 1 heterocycles. The molecule has 2 rings (SSSR count). The van der Waals surface area contributed by atoms with Crippen LogP contribution in [-0.2, 0) is 6.18 Å². The largest absolute Gasteiger partial charge is 0.419 e. The fourth-order valence-electron chi connectivity index (χ4n) is 2.99. The van der Waals surface area contributed by atoms with Crippen molar-refractivity contribution in [3.63, 3.8) is 0 Å². The number of anilines is 1. The Bertz CT molecular complexity index is 461. The highest BCUT2D eigenvalue weighted by Crippen LogP contribution is 2.38. The van der Waals surface area contributed by atoms with Crippen LogP contribution < -0.4 is 11.1 Å². The van der Waals surface area contributed by atoms with Crippen molar-refractivity contribution >= 4 is 5.82 Å². The maximum Gasteiger partial charge on any atom is 0.419 e. The van der Waals surface area contributed by atoms with E-state index in [1.807, 2.05) is 0 Å². The summed E-state index contributed by atoms with van der Waals surface area (Å²) >= 11 is 0. The lowest BCUT2D eigenvalue weighted by molar-refractivity contribution is -0.137.